The van der Waals surface area contributed by atoms with Crippen molar-refractivity contribution in [1.82, 2.24) is 0 Å². The van der Waals surface area contributed by atoms with Crippen LogP contribution in [0, 0.1) is 0 Å². The van der Waals surface area contributed by atoms with Gasteiger partial charge in [-0.1, -0.05) is 30.7 Å². The number of carbonyl (C=O) groups is 1. The van der Waals surface area contributed by atoms with Crippen molar-refractivity contribution >= 4 is 17.6 Å². The van der Waals surface area contributed by atoms with E-state index in [2.05, 4.69) is 0 Å². The minimum absolute atomic E-state index is 0.131. The third-order valence-electron chi connectivity index (χ3n) is 1.69. The van der Waals surface area contributed by atoms with Gasteiger partial charge >= 0.3 is 5.97 Å². The van der Waals surface area contributed by atoms with Gasteiger partial charge in [0, 0.05) is 0 Å². The number of halogens is 1. The predicted molar refractivity (Wildman–Crippen MR) is 54.0 cm³/mol. The van der Waals surface area contributed by atoms with Crippen molar-refractivity contribution in [3.8, 4) is 5.75 Å². The number of para-hydroxylation sites is 1. The van der Waals surface area contributed by atoms with Crippen molar-refractivity contribution in [1.29, 1.82) is 0 Å². The number of rotatable bonds is 4. The Morgan fingerprint density at radius 3 is 2.79 bits per heavy atom. The van der Waals surface area contributed by atoms with Gasteiger partial charge in [-0.15, -0.1) is 0 Å². The molecule has 1 aromatic carbocycles. The van der Waals surface area contributed by atoms with Gasteiger partial charge in [-0.25, -0.2) is 4.79 Å². The second kappa shape index (κ2) is 4.86. The van der Waals surface area contributed by atoms with Crippen LogP contribution in [0.4, 0.5) is 0 Å². The molecule has 0 aliphatic heterocycles. The van der Waals surface area contributed by atoms with E-state index in [0.29, 0.717) is 12.2 Å². The minimum Gasteiger partial charge on any atom is -0.478 e. The molecule has 3 nitrogen and oxygen atoms in total. The first-order valence-corrected chi connectivity index (χ1v) is 4.71. The van der Waals surface area contributed by atoms with E-state index in [1.165, 1.54) is 6.07 Å². The normalized spacial score (nSPS) is 12.1. The van der Waals surface area contributed by atoms with Crippen molar-refractivity contribution in [3.05, 3.63) is 29.8 Å². The molecule has 4 heteroatoms. The van der Waals surface area contributed by atoms with E-state index in [-0.39, 0.29) is 5.56 Å². The standard InChI is InChI=1S/C10H11ClO3/c1-2-9(11)14-8-6-4-3-5-7(8)10(12)13/h3-6,9H,2H2,1H3,(H,12,13)/t9-/m1/s1. The van der Waals surface area contributed by atoms with Gasteiger partial charge in [-0.05, 0) is 18.6 Å². The molecule has 14 heavy (non-hydrogen) atoms. The summed E-state index contributed by atoms with van der Waals surface area (Å²) in [6, 6.07) is 6.43. The molecule has 0 heterocycles. The topological polar surface area (TPSA) is 46.5 Å². The molecule has 0 fully saturated rings. The van der Waals surface area contributed by atoms with E-state index in [1.807, 2.05) is 6.92 Å². The molecule has 0 aromatic heterocycles. The molecule has 76 valence electrons. The van der Waals surface area contributed by atoms with Gasteiger partial charge < -0.3 is 9.84 Å². The van der Waals surface area contributed by atoms with Crippen molar-refractivity contribution < 1.29 is 14.6 Å². The van der Waals surface area contributed by atoms with E-state index < -0.39 is 11.5 Å². The molecule has 0 amide bonds. The monoisotopic (exact) mass is 214 g/mol. The largest absolute Gasteiger partial charge is 0.478 e. The maximum absolute atomic E-state index is 10.8. The highest BCUT2D eigenvalue weighted by Gasteiger charge is 2.12. The molecule has 0 saturated carbocycles. The van der Waals surface area contributed by atoms with Gasteiger partial charge in [0.25, 0.3) is 0 Å². The van der Waals surface area contributed by atoms with Crippen LogP contribution in [0.1, 0.15) is 23.7 Å². The first-order valence-electron chi connectivity index (χ1n) is 4.28. The summed E-state index contributed by atoms with van der Waals surface area (Å²) in [5.41, 5.74) is -0.359. The lowest BCUT2D eigenvalue weighted by Crippen LogP contribution is -2.10. The Labute approximate surface area is 87.3 Å². The summed E-state index contributed by atoms with van der Waals surface area (Å²) in [5, 5.41) is 8.83. The summed E-state index contributed by atoms with van der Waals surface area (Å²) in [6.07, 6.45) is 0.621. The van der Waals surface area contributed by atoms with Crippen molar-refractivity contribution in [2.45, 2.75) is 18.9 Å². The molecule has 1 rings (SSSR count). The van der Waals surface area contributed by atoms with Crippen LogP contribution in [0.3, 0.4) is 0 Å². The Morgan fingerprint density at radius 2 is 2.21 bits per heavy atom. The Hall–Kier alpha value is -1.22. The molecule has 1 aromatic rings. The lowest BCUT2D eigenvalue weighted by Gasteiger charge is -2.12. The number of carboxylic acids is 1. The molecular weight excluding hydrogens is 204 g/mol. The van der Waals surface area contributed by atoms with Crippen LogP contribution >= 0.6 is 11.6 Å². The van der Waals surface area contributed by atoms with Crippen LogP contribution in [0.15, 0.2) is 24.3 Å². The second-order valence-electron chi connectivity index (χ2n) is 2.74. The fourth-order valence-electron chi connectivity index (χ4n) is 0.967. The zero-order valence-electron chi connectivity index (χ0n) is 7.74. The highest BCUT2D eigenvalue weighted by atomic mass is 35.5. The average Bonchev–Trinajstić information content (AvgIpc) is 2.18. The van der Waals surface area contributed by atoms with E-state index in [9.17, 15) is 4.79 Å². The summed E-state index contributed by atoms with van der Waals surface area (Å²) in [6.45, 7) is 1.86. The van der Waals surface area contributed by atoms with Crippen LogP contribution in [-0.4, -0.2) is 16.6 Å². The lowest BCUT2D eigenvalue weighted by molar-refractivity contribution is 0.0691. The Morgan fingerprint density at radius 1 is 1.57 bits per heavy atom. The maximum atomic E-state index is 10.8. The average molecular weight is 215 g/mol. The fourth-order valence-corrected chi connectivity index (χ4v) is 1.06. The quantitative estimate of drug-likeness (QED) is 0.784. The molecule has 0 bridgehead atoms. The van der Waals surface area contributed by atoms with Crippen LogP contribution in [0.2, 0.25) is 0 Å². The summed E-state index contributed by atoms with van der Waals surface area (Å²) < 4.78 is 5.24. The molecule has 1 N–H and O–H groups in total. The molecule has 0 spiro atoms. The highest BCUT2D eigenvalue weighted by Crippen LogP contribution is 2.20. The van der Waals surface area contributed by atoms with Crippen molar-refractivity contribution in [2.24, 2.45) is 0 Å². The number of benzene rings is 1. The van der Waals surface area contributed by atoms with Crippen molar-refractivity contribution in [2.75, 3.05) is 0 Å². The fraction of sp³-hybridized carbons (Fsp3) is 0.300. The summed E-state index contributed by atoms with van der Waals surface area (Å²) in [4.78, 5) is 10.8. The minimum atomic E-state index is -1.01. The van der Waals surface area contributed by atoms with Gasteiger partial charge in [0.05, 0.1) is 0 Å². The summed E-state index contributed by atoms with van der Waals surface area (Å²) in [5.74, 6) is -0.706. The van der Waals surface area contributed by atoms with Gasteiger partial charge in [-0.2, -0.15) is 0 Å². The van der Waals surface area contributed by atoms with Crippen LogP contribution < -0.4 is 4.74 Å². The Balaban J connectivity index is 2.90. The smallest absolute Gasteiger partial charge is 0.339 e. The first kappa shape index (κ1) is 10.9. The molecular formula is C10H11ClO3. The van der Waals surface area contributed by atoms with Gasteiger partial charge in [0.15, 0.2) is 5.56 Å². The Bertz CT molecular complexity index is 325. The molecule has 0 aliphatic carbocycles. The van der Waals surface area contributed by atoms with Crippen LogP contribution in [0.5, 0.6) is 5.75 Å². The maximum Gasteiger partial charge on any atom is 0.339 e. The molecule has 0 aliphatic rings. The number of alkyl halides is 1. The third kappa shape index (κ3) is 2.64. The molecule has 1 atom stereocenters. The van der Waals surface area contributed by atoms with Crippen molar-refractivity contribution in [3.63, 3.8) is 0 Å². The third-order valence-corrected chi connectivity index (χ3v) is 2.09. The number of carboxylic acid groups (broad SMARTS) is 1. The first-order chi connectivity index (χ1) is 6.65. The zero-order valence-corrected chi connectivity index (χ0v) is 8.49. The predicted octanol–water partition coefficient (Wildman–Crippen LogP) is 2.74. The number of hydrogen-bond donors (Lipinski definition) is 1. The van der Waals surface area contributed by atoms with E-state index in [4.69, 9.17) is 21.4 Å². The number of ether oxygens (including phenoxy) is 1. The summed E-state index contributed by atoms with van der Waals surface area (Å²) >= 11 is 5.76. The van der Waals surface area contributed by atoms with E-state index in [0.717, 1.165) is 0 Å². The van der Waals surface area contributed by atoms with E-state index >= 15 is 0 Å². The molecule has 0 saturated heterocycles. The lowest BCUT2D eigenvalue weighted by atomic mass is 10.2. The van der Waals surface area contributed by atoms with E-state index in [1.54, 1.807) is 18.2 Å². The number of aromatic carboxylic acids is 1. The Kier molecular flexibility index (Phi) is 3.77. The van der Waals surface area contributed by atoms with Gasteiger partial charge in [0.2, 0.25) is 0 Å². The SMILES string of the molecule is CC[C@H](Cl)Oc1ccccc1C(=O)O. The zero-order chi connectivity index (χ0) is 10.6. The van der Waals surface area contributed by atoms with Crippen LogP contribution in [0.25, 0.3) is 0 Å². The van der Waals surface area contributed by atoms with Crippen LogP contribution in [-0.2, 0) is 0 Å². The summed E-state index contributed by atoms with van der Waals surface area (Å²) in [7, 11) is 0. The molecule has 0 unspecified atom stereocenters. The van der Waals surface area contributed by atoms with Gasteiger partial charge in [0.1, 0.15) is 11.3 Å². The number of hydrogen-bond acceptors (Lipinski definition) is 2. The molecule has 0 radical (unpaired) electrons. The highest BCUT2D eigenvalue weighted by molar-refractivity contribution is 6.19. The second-order valence-corrected chi connectivity index (χ2v) is 3.22. The van der Waals surface area contributed by atoms with Gasteiger partial charge in [-0.3, -0.25) is 0 Å².